The first kappa shape index (κ1) is 12.8. The molecule has 1 fully saturated rings. The van der Waals surface area contributed by atoms with Gasteiger partial charge in [-0.2, -0.15) is 0 Å². The van der Waals surface area contributed by atoms with Gasteiger partial charge < -0.3 is 19.3 Å². The van der Waals surface area contributed by atoms with Crippen molar-refractivity contribution in [1.82, 2.24) is 0 Å². The van der Waals surface area contributed by atoms with E-state index in [1.54, 1.807) is 7.11 Å². The van der Waals surface area contributed by atoms with Gasteiger partial charge >= 0.3 is 0 Å². The second kappa shape index (κ2) is 5.02. The Morgan fingerprint density at radius 1 is 1.42 bits per heavy atom. The van der Waals surface area contributed by atoms with Crippen molar-refractivity contribution in [3.8, 4) is 11.5 Å². The Morgan fingerprint density at radius 2 is 2.26 bits per heavy atom. The highest BCUT2D eigenvalue weighted by atomic mass is 16.5. The van der Waals surface area contributed by atoms with Crippen LogP contribution in [0.15, 0.2) is 12.1 Å². The van der Waals surface area contributed by atoms with Crippen molar-refractivity contribution in [2.24, 2.45) is 5.92 Å². The second-order valence-electron chi connectivity index (χ2n) is 5.40. The molecule has 3 atom stereocenters. The molecule has 3 unspecified atom stereocenters. The van der Waals surface area contributed by atoms with Gasteiger partial charge in [-0.15, -0.1) is 0 Å². The summed E-state index contributed by atoms with van der Waals surface area (Å²) in [6.45, 7) is 3.38. The van der Waals surface area contributed by atoms with Gasteiger partial charge in [-0.1, -0.05) is 0 Å². The summed E-state index contributed by atoms with van der Waals surface area (Å²) in [6, 6.07) is 3.92. The fraction of sp³-hybridized carbons (Fsp3) is 0.600. The highest BCUT2D eigenvalue weighted by molar-refractivity contribution is 5.49. The van der Waals surface area contributed by atoms with Crippen molar-refractivity contribution in [3.05, 3.63) is 23.3 Å². The van der Waals surface area contributed by atoms with Crippen LogP contribution in [0.25, 0.3) is 0 Å². The molecule has 0 bridgehead atoms. The monoisotopic (exact) mass is 264 g/mol. The van der Waals surface area contributed by atoms with Crippen molar-refractivity contribution in [1.29, 1.82) is 0 Å². The van der Waals surface area contributed by atoms with Gasteiger partial charge in [-0.05, 0) is 25.5 Å². The third kappa shape index (κ3) is 2.30. The second-order valence-corrected chi connectivity index (χ2v) is 5.40. The maximum atomic E-state index is 10.5. The molecule has 1 aromatic rings. The molecule has 0 spiro atoms. The van der Waals surface area contributed by atoms with E-state index in [4.69, 9.17) is 14.2 Å². The van der Waals surface area contributed by atoms with E-state index >= 15 is 0 Å². The zero-order valence-corrected chi connectivity index (χ0v) is 11.4. The summed E-state index contributed by atoms with van der Waals surface area (Å²) in [6.07, 6.45) is 1.43. The normalized spacial score (nSPS) is 26.9. The molecule has 2 aliphatic rings. The quantitative estimate of drug-likeness (QED) is 0.908. The summed E-state index contributed by atoms with van der Waals surface area (Å²) in [5.41, 5.74) is 1.97. The van der Waals surface area contributed by atoms with Crippen LogP contribution < -0.4 is 9.47 Å². The first-order valence-corrected chi connectivity index (χ1v) is 6.82. The van der Waals surface area contributed by atoms with E-state index in [0.29, 0.717) is 6.61 Å². The third-order valence-electron chi connectivity index (χ3n) is 3.98. The van der Waals surface area contributed by atoms with Crippen LogP contribution in [0.1, 0.15) is 30.6 Å². The molecule has 19 heavy (non-hydrogen) atoms. The van der Waals surface area contributed by atoms with Gasteiger partial charge in [0.2, 0.25) is 0 Å². The zero-order chi connectivity index (χ0) is 13.4. The zero-order valence-electron chi connectivity index (χ0n) is 11.4. The highest BCUT2D eigenvalue weighted by Crippen LogP contribution is 2.40. The lowest BCUT2D eigenvalue weighted by Gasteiger charge is -2.20. The minimum Gasteiger partial charge on any atom is -0.496 e. The minimum absolute atomic E-state index is 0.144. The maximum absolute atomic E-state index is 10.5. The summed E-state index contributed by atoms with van der Waals surface area (Å²) in [7, 11) is 1.64. The van der Waals surface area contributed by atoms with Gasteiger partial charge in [0.25, 0.3) is 0 Å². The number of methoxy groups -OCH3 is 1. The van der Waals surface area contributed by atoms with E-state index in [9.17, 15) is 5.11 Å². The molecule has 1 N–H and O–H groups in total. The number of aliphatic hydroxyl groups excluding tert-OH is 1. The molecule has 1 aromatic carbocycles. The number of ether oxygens (including phenoxy) is 3. The lowest BCUT2D eigenvalue weighted by atomic mass is 9.93. The van der Waals surface area contributed by atoms with Crippen molar-refractivity contribution >= 4 is 0 Å². The number of rotatable bonds is 3. The van der Waals surface area contributed by atoms with Crippen LogP contribution in [0.2, 0.25) is 0 Å². The van der Waals surface area contributed by atoms with Crippen molar-refractivity contribution in [2.45, 2.75) is 32.0 Å². The van der Waals surface area contributed by atoms with Crippen molar-refractivity contribution in [3.63, 3.8) is 0 Å². The van der Waals surface area contributed by atoms with Crippen molar-refractivity contribution in [2.75, 3.05) is 20.3 Å². The van der Waals surface area contributed by atoms with Crippen LogP contribution in [0.3, 0.4) is 0 Å². The standard InChI is InChI=1S/C15H20O4/c1-9-5-11-6-14(17-2)12(7-13(11)19-9)15(16)10-3-4-18-8-10/h6-7,9-10,15-16H,3-5,8H2,1-2H3. The molecule has 4 heteroatoms. The highest BCUT2D eigenvalue weighted by Gasteiger charge is 2.30. The van der Waals surface area contributed by atoms with Crippen LogP contribution in [-0.2, 0) is 11.2 Å². The Hall–Kier alpha value is -1.26. The summed E-state index contributed by atoms with van der Waals surface area (Å²) < 4.78 is 16.5. The molecule has 0 aromatic heterocycles. The van der Waals surface area contributed by atoms with E-state index in [0.717, 1.165) is 42.1 Å². The molecule has 0 aliphatic carbocycles. The molecule has 2 heterocycles. The van der Waals surface area contributed by atoms with E-state index in [1.807, 2.05) is 19.1 Å². The van der Waals surface area contributed by atoms with E-state index in [1.165, 1.54) is 0 Å². The molecule has 104 valence electrons. The number of hydrogen-bond donors (Lipinski definition) is 1. The topological polar surface area (TPSA) is 47.9 Å². The average molecular weight is 264 g/mol. The van der Waals surface area contributed by atoms with Gasteiger partial charge in [-0.3, -0.25) is 0 Å². The van der Waals surface area contributed by atoms with Crippen LogP contribution in [0.5, 0.6) is 11.5 Å². The van der Waals surface area contributed by atoms with Gasteiger partial charge in [0.15, 0.2) is 0 Å². The maximum Gasteiger partial charge on any atom is 0.125 e. The van der Waals surface area contributed by atoms with Crippen LogP contribution in [0.4, 0.5) is 0 Å². The molecule has 1 saturated heterocycles. The first-order valence-electron chi connectivity index (χ1n) is 6.82. The predicted octanol–water partition coefficient (Wildman–Crippen LogP) is 2.09. The summed E-state index contributed by atoms with van der Waals surface area (Å²) in [5, 5.41) is 10.5. The van der Waals surface area contributed by atoms with Crippen LogP contribution in [-0.4, -0.2) is 31.5 Å². The smallest absolute Gasteiger partial charge is 0.125 e. The molecule has 2 aliphatic heterocycles. The number of aliphatic hydroxyl groups is 1. The lowest BCUT2D eigenvalue weighted by Crippen LogP contribution is -2.13. The SMILES string of the molecule is COc1cc2c(cc1C(O)C1CCOC1)OC(C)C2. The predicted molar refractivity (Wildman–Crippen MR) is 70.7 cm³/mol. The van der Waals surface area contributed by atoms with Crippen molar-refractivity contribution < 1.29 is 19.3 Å². The summed E-state index contributed by atoms with van der Waals surface area (Å²) in [5.74, 6) is 1.77. The third-order valence-corrected chi connectivity index (χ3v) is 3.98. The molecular formula is C15H20O4. The van der Waals surface area contributed by atoms with Gasteiger partial charge in [0.05, 0.1) is 19.8 Å². The van der Waals surface area contributed by atoms with E-state index < -0.39 is 6.10 Å². The van der Waals surface area contributed by atoms with Crippen LogP contribution in [0, 0.1) is 5.92 Å². The summed E-state index contributed by atoms with van der Waals surface area (Å²) in [4.78, 5) is 0. The average Bonchev–Trinajstić information content (AvgIpc) is 3.03. The van der Waals surface area contributed by atoms with E-state index in [2.05, 4.69) is 0 Å². The Labute approximate surface area is 113 Å². The Bertz CT molecular complexity index is 465. The molecule has 0 amide bonds. The van der Waals surface area contributed by atoms with Gasteiger partial charge in [0.1, 0.15) is 17.6 Å². The number of fused-ring (bicyclic) bond motifs is 1. The molecule has 3 rings (SSSR count). The molecule has 4 nitrogen and oxygen atoms in total. The first-order chi connectivity index (χ1) is 9.19. The lowest BCUT2D eigenvalue weighted by molar-refractivity contribution is 0.0894. The van der Waals surface area contributed by atoms with Gasteiger partial charge in [0, 0.05) is 30.1 Å². The van der Waals surface area contributed by atoms with Crippen LogP contribution >= 0.6 is 0 Å². The minimum atomic E-state index is -0.553. The largest absolute Gasteiger partial charge is 0.496 e. The molecular weight excluding hydrogens is 244 g/mol. The fourth-order valence-electron chi connectivity index (χ4n) is 2.92. The number of hydrogen-bond acceptors (Lipinski definition) is 4. The Balaban J connectivity index is 1.93. The summed E-state index contributed by atoms with van der Waals surface area (Å²) >= 11 is 0. The Kier molecular flexibility index (Phi) is 3.37. The number of benzene rings is 1. The fourth-order valence-corrected chi connectivity index (χ4v) is 2.92. The molecule has 0 radical (unpaired) electrons. The molecule has 0 saturated carbocycles. The van der Waals surface area contributed by atoms with E-state index in [-0.39, 0.29) is 12.0 Å². The Morgan fingerprint density at radius 3 is 2.95 bits per heavy atom. The van der Waals surface area contributed by atoms with Gasteiger partial charge in [-0.25, -0.2) is 0 Å².